The van der Waals surface area contributed by atoms with Crippen molar-refractivity contribution in [2.75, 3.05) is 4.90 Å². The Morgan fingerprint density at radius 3 is 2.40 bits per heavy atom. The molecule has 1 unspecified atom stereocenters. The van der Waals surface area contributed by atoms with Gasteiger partial charge in [-0.05, 0) is 66.4 Å². The van der Waals surface area contributed by atoms with Gasteiger partial charge in [0.25, 0.3) is 0 Å². The van der Waals surface area contributed by atoms with E-state index in [4.69, 9.17) is 52.0 Å². The van der Waals surface area contributed by atoms with Gasteiger partial charge in [-0.2, -0.15) is 0 Å². The molecule has 1 heterocycles. The maximum absolute atomic E-state index is 13.9. The summed E-state index contributed by atoms with van der Waals surface area (Å²) in [6.07, 6.45) is 9.17. The summed E-state index contributed by atoms with van der Waals surface area (Å²) in [7, 11) is 0. The zero-order valence-electron chi connectivity index (χ0n) is 20.0. The summed E-state index contributed by atoms with van der Waals surface area (Å²) >= 11 is 24.4. The van der Waals surface area contributed by atoms with Gasteiger partial charge in [0, 0.05) is 15.7 Å². The van der Waals surface area contributed by atoms with Crippen LogP contribution in [0.2, 0.25) is 15.1 Å². The average molecular weight is 553 g/mol. The van der Waals surface area contributed by atoms with Crippen molar-refractivity contribution in [1.82, 2.24) is 5.32 Å². The first-order chi connectivity index (χ1) is 16.5. The molecule has 0 amide bonds. The number of rotatable bonds is 4. The van der Waals surface area contributed by atoms with E-state index >= 15 is 0 Å². The Morgan fingerprint density at radius 2 is 1.77 bits per heavy atom. The minimum absolute atomic E-state index is 0.0805. The largest absolute Gasteiger partial charge is 0.319 e. The normalized spacial score (nSPS) is 20.1. The van der Waals surface area contributed by atoms with Crippen molar-refractivity contribution in [1.29, 1.82) is 0 Å². The number of nitrogens with one attached hydrogen (secondary N) is 1. The fourth-order valence-electron chi connectivity index (χ4n) is 4.81. The number of hydrogen-bond acceptors (Lipinski definition) is 2. The second-order valence-corrected chi connectivity index (χ2v) is 11.9. The number of halogens is 4. The van der Waals surface area contributed by atoms with Crippen molar-refractivity contribution in [2.24, 2.45) is 10.4 Å². The second-order valence-electron chi connectivity index (χ2n) is 10.3. The van der Waals surface area contributed by atoms with Gasteiger partial charge in [-0.1, -0.05) is 93.1 Å². The van der Waals surface area contributed by atoms with Gasteiger partial charge < -0.3 is 10.2 Å². The number of amidine groups is 1. The molecule has 35 heavy (non-hydrogen) atoms. The summed E-state index contributed by atoms with van der Waals surface area (Å²) in [4.78, 5) is 7.35. The van der Waals surface area contributed by atoms with Crippen molar-refractivity contribution < 1.29 is 4.39 Å². The number of thiocarbonyl (C=S) groups is 1. The monoisotopic (exact) mass is 551 g/mol. The third-order valence-corrected chi connectivity index (χ3v) is 7.85. The van der Waals surface area contributed by atoms with Crippen LogP contribution in [0.4, 0.5) is 10.1 Å². The molecule has 1 spiro atoms. The molecule has 186 valence electrons. The minimum Gasteiger partial charge on any atom is -0.319 e. The molecule has 1 saturated carbocycles. The molecule has 1 N–H and O–H groups in total. The fraction of sp³-hybridized carbons (Fsp3) is 0.407. The molecule has 1 aliphatic carbocycles. The molecule has 0 aromatic heterocycles. The smallest absolute Gasteiger partial charge is 0.179 e. The summed E-state index contributed by atoms with van der Waals surface area (Å²) < 4.78 is 13.9. The highest BCUT2D eigenvalue weighted by Gasteiger charge is 2.50. The molecular formula is C27H29Cl3FN3S. The average Bonchev–Trinajstić information content (AvgIpc) is 3.04. The molecule has 8 heteroatoms. The number of anilines is 1. The lowest BCUT2D eigenvalue weighted by atomic mass is 9.79. The third-order valence-electron chi connectivity index (χ3n) is 6.72. The molecule has 1 atom stereocenters. The molecule has 2 aliphatic rings. The molecule has 0 radical (unpaired) electrons. The summed E-state index contributed by atoms with van der Waals surface area (Å²) in [5.41, 5.74) is 1.09. The molecule has 2 aromatic rings. The van der Waals surface area contributed by atoms with E-state index in [1.165, 1.54) is 6.07 Å². The Bertz CT molecular complexity index is 1180. The summed E-state index contributed by atoms with van der Waals surface area (Å²) in [6.45, 7) is 6.48. The van der Waals surface area contributed by atoms with Gasteiger partial charge >= 0.3 is 0 Å². The zero-order valence-corrected chi connectivity index (χ0v) is 23.1. The Kier molecular flexibility index (Phi) is 7.82. The summed E-state index contributed by atoms with van der Waals surface area (Å²) in [5, 5.41) is 5.25. The molecule has 1 saturated heterocycles. The predicted octanol–water partition coefficient (Wildman–Crippen LogP) is 8.71. The van der Waals surface area contributed by atoms with Gasteiger partial charge in [0.05, 0.1) is 11.1 Å². The van der Waals surface area contributed by atoms with E-state index in [1.807, 2.05) is 18.2 Å². The molecule has 2 fully saturated rings. The Morgan fingerprint density at radius 1 is 1.06 bits per heavy atom. The van der Waals surface area contributed by atoms with Crippen molar-refractivity contribution >= 4 is 69.7 Å². The van der Waals surface area contributed by atoms with Crippen molar-refractivity contribution in [3.05, 3.63) is 68.9 Å². The van der Waals surface area contributed by atoms with E-state index in [1.54, 1.807) is 18.2 Å². The highest BCUT2D eigenvalue weighted by atomic mass is 35.5. The van der Waals surface area contributed by atoms with E-state index in [9.17, 15) is 4.39 Å². The molecule has 4 rings (SSSR count). The van der Waals surface area contributed by atoms with Crippen LogP contribution in [-0.2, 0) is 0 Å². The topological polar surface area (TPSA) is 27.6 Å². The molecule has 3 nitrogen and oxygen atoms in total. The van der Waals surface area contributed by atoms with Crippen molar-refractivity contribution in [3.8, 4) is 0 Å². The first kappa shape index (κ1) is 26.4. The quantitative estimate of drug-likeness (QED) is 0.384. The summed E-state index contributed by atoms with van der Waals surface area (Å²) in [5.74, 6) is 0.410. The highest BCUT2D eigenvalue weighted by molar-refractivity contribution is 7.80. The van der Waals surface area contributed by atoms with Crippen molar-refractivity contribution in [3.63, 3.8) is 0 Å². The van der Waals surface area contributed by atoms with Crippen LogP contribution in [0.25, 0.3) is 6.08 Å². The van der Waals surface area contributed by atoms with Gasteiger partial charge in [0.1, 0.15) is 17.2 Å². The maximum Gasteiger partial charge on any atom is 0.179 e. The predicted molar refractivity (Wildman–Crippen MR) is 152 cm³/mol. The first-order valence-electron chi connectivity index (χ1n) is 11.8. The van der Waals surface area contributed by atoms with Crippen LogP contribution in [-0.4, -0.2) is 22.5 Å². The molecule has 2 aromatic carbocycles. The zero-order chi connectivity index (χ0) is 25.4. The number of benzene rings is 2. The fourth-order valence-corrected chi connectivity index (χ4v) is 5.83. The van der Waals surface area contributed by atoms with Gasteiger partial charge in [-0.25, -0.2) is 4.39 Å². The highest BCUT2D eigenvalue weighted by Crippen LogP contribution is 2.42. The van der Waals surface area contributed by atoms with E-state index in [2.05, 4.69) is 37.1 Å². The van der Waals surface area contributed by atoms with E-state index in [0.717, 1.165) is 49.2 Å². The minimum atomic E-state index is -0.445. The SMILES string of the molecule is CC(C)(C)C(C=Cc1ccc(Cl)cc1Cl)N=C1NC(=S)N(c2ccc(F)c(Cl)c2)C12CCCCC2. The van der Waals surface area contributed by atoms with Crippen LogP contribution >= 0.6 is 47.0 Å². The number of hydrogen-bond donors (Lipinski definition) is 1. The second kappa shape index (κ2) is 10.4. The van der Waals surface area contributed by atoms with Gasteiger partial charge in [0.15, 0.2) is 5.11 Å². The van der Waals surface area contributed by atoms with Gasteiger partial charge in [0.2, 0.25) is 0 Å². The van der Waals surface area contributed by atoms with Crippen LogP contribution in [0.15, 0.2) is 47.5 Å². The lowest BCUT2D eigenvalue weighted by molar-refractivity contribution is 0.357. The number of aliphatic imine (C=N–C) groups is 1. The van der Waals surface area contributed by atoms with Crippen LogP contribution in [0.3, 0.4) is 0 Å². The van der Waals surface area contributed by atoms with E-state index in [0.29, 0.717) is 15.2 Å². The van der Waals surface area contributed by atoms with Crippen LogP contribution in [0, 0.1) is 11.2 Å². The van der Waals surface area contributed by atoms with Gasteiger partial charge in [-0.15, -0.1) is 0 Å². The molecule has 0 bridgehead atoms. The van der Waals surface area contributed by atoms with Crippen LogP contribution < -0.4 is 10.2 Å². The Hall–Kier alpha value is -1.66. The summed E-state index contributed by atoms with van der Waals surface area (Å²) in [6, 6.07) is 10.1. The third kappa shape index (κ3) is 5.53. The Labute approximate surface area is 227 Å². The van der Waals surface area contributed by atoms with E-state index in [-0.39, 0.29) is 16.5 Å². The maximum atomic E-state index is 13.9. The van der Waals surface area contributed by atoms with E-state index < -0.39 is 11.4 Å². The lowest BCUT2D eigenvalue weighted by Crippen LogP contribution is -2.51. The Balaban J connectivity index is 1.76. The number of nitrogens with zero attached hydrogens (tertiary/aromatic N) is 2. The first-order valence-corrected chi connectivity index (χ1v) is 13.3. The van der Waals surface area contributed by atoms with Gasteiger partial charge in [-0.3, -0.25) is 4.99 Å². The van der Waals surface area contributed by atoms with Crippen molar-refractivity contribution in [2.45, 2.75) is 64.5 Å². The van der Waals surface area contributed by atoms with Crippen LogP contribution in [0.5, 0.6) is 0 Å². The molecule has 1 aliphatic heterocycles. The standard InChI is InChI=1S/C27H29Cl3FN3S/c1-26(2,3)23(12-8-17-7-9-18(28)15-20(17)29)32-24-27(13-5-4-6-14-27)34(25(35)33-24)19-10-11-22(31)21(30)16-19/h7-12,15-16,23H,4-6,13-14H2,1-3H3,(H,32,33,35). The van der Waals surface area contributed by atoms with Crippen LogP contribution in [0.1, 0.15) is 58.4 Å². The molecular weight excluding hydrogens is 524 g/mol. The lowest BCUT2D eigenvalue weighted by Gasteiger charge is -2.41.